The Labute approximate surface area is 175 Å². The van der Waals surface area contributed by atoms with Gasteiger partial charge < -0.3 is 9.16 Å². The highest BCUT2D eigenvalue weighted by Gasteiger charge is 2.53. The summed E-state index contributed by atoms with van der Waals surface area (Å²) < 4.78 is 27.7. The first kappa shape index (κ1) is 20.7. The van der Waals surface area contributed by atoms with Gasteiger partial charge in [0.15, 0.2) is 0 Å². The fraction of sp³-hybridized carbons (Fsp3) is 0.500. The Kier molecular flexibility index (Phi) is 5.94. The van der Waals surface area contributed by atoms with Crippen LogP contribution in [-0.4, -0.2) is 57.8 Å². The van der Waals surface area contributed by atoms with Crippen molar-refractivity contribution >= 4 is 18.7 Å². The summed E-state index contributed by atoms with van der Waals surface area (Å²) in [4.78, 5) is 2.24. The zero-order valence-electron chi connectivity index (χ0n) is 17.7. The molecule has 2 aliphatic rings. The lowest BCUT2D eigenvalue weighted by Gasteiger charge is -2.48. The number of hydrogen-bond donors (Lipinski definition) is 0. The second-order valence-corrected chi connectivity index (χ2v) is 13.6. The molecule has 0 aromatic heterocycles. The van der Waals surface area contributed by atoms with E-state index in [1.165, 1.54) is 10.4 Å². The average Bonchev–Trinajstić information content (AvgIpc) is 2.66. The third-order valence-electron chi connectivity index (χ3n) is 6.40. The summed E-state index contributed by atoms with van der Waals surface area (Å²) in [5.41, 5.74) is 0. The summed E-state index contributed by atoms with van der Waals surface area (Å²) in [6.45, 7) is 9.50. The summed E-state index contributed by atoms with van der Waals surface area (Å²) >= 11 is 0. The zero-order valence-corrected chi connectivity index (χ0v) is 18.7. The van der Waals surface area contributed by atoms with Crippen LogP contribution in [0.2, 0.25) is 5.04 Å². The molecule has 0 aliphatic carbocycles. The normalized spacial score (nSPS) is 24.3. The largest absolute Gasteiger partial charge is 0.401 e. The van der Waals surface area contributed by atoms with Crippen LogP contribution >= 0.6 is 0 Å². The van der Waals surface area contributed by atoms with Gasteiger partial charge >= 0.3 is 0 Å². The van der Waals surface area contributed by atoms with E-state index in [0.717, 1.165) is 26.2 Å². The van der Waals surface area contributed by atoms with Crippen LogP contribution in [0.25, 0.3) is 0 Å². The molecule has 156 valence electrons. The number of benzene rings is 2. The van der Waals surface area contributed by atoms with E-state index >= 15 is 4.39 Å². The molecular formula is C24H32FNO2Si. The van der Waals surface area contributed by atoms with E-state index in [2.05, 4.69) is 74.2 Å². The van der Waals surface area contributed by atoms with Gasteiger partial charge in [0.25, 0.3) is 8.32 Å². The number of hydrogen-bond acceptors (Lipinski definition) is 3. The first-order valence-electron chi connectivity index (χ1n) is 10.7. The van der Waals surface area contributed by atoms with Gasteiger partial charge in [0, 0.05) is 13.1 Å². The molecule has 0 spiro atoms. The van der Waals surface area contributed by atoms with E-state index in [4.69, 9.17) is 9.16 Å². The van der Waals surface area contributed by atoms with Crippen molar-refractivity contribution < 1.29 is 13.6 Å². The maximum atomic E-state index is 15.4. The summed E-state index contributed by atoms with van der Waals surface area (Å²) in [5, 5.41) is 2.29. The first-order chi connectivity index (χ1) is 13.9. The SMILES string of the molecule is CC(C)(C)[Si](O[C@H]1CCN(C2COC2)C[C@H]1F)(c1ccccc1)c1ccccc1. The molecule has 0 bridgehead atoms. The Hall–Kier alpha value is -1.53. The lowest BCUT2D eigenvalue weighted by Crippen LogP contribution is -2.69. The second kappa shape index (κ2) is 8.30. The van der Waals surface area contributed by atoms with Crippen molar-refractivity contribution in [3.05, 3.63) is 60.7 Å². The van der Waals surface area contributed by atoms with Gasteiger partial charge in [-0.3, -0.25) is 4.90 Å². The molecule has 2 heterocycles. The van der Waals surface area contributed by atoms with Crippen LogP contribution in [0.5, 0.6) is 0 Å². The number of halogens is 1. The Balaban J connectivity index is 1.69. The molecule has 0 saturated carbocycles. The zero-order chi connectivity index (χ0) is 20.5. The highest BCUT2D eigenvalue weighted by Crippen LogP contribution is 2.39. The lowest BCUT2D eigenvalue weighted by molar-refractivity contribution is -0.0938. The molecule has 2 fully saturated rings. The van der Waals surface area contributed by atoms with Crippen molar-refractivity contribution in [2.24, 2.45) is 0 Å². The lowest BCUT2D eigenvalue weighted by atomic mass is 10.0. The van der Waals surface area contributed by atoms with E-state index < -0.39 is 14.5 Å². The standard InChI is InChI=1S/C24H32FNO2Si/c1-24(2,3)29(20-10-6-4-7-11-20,21-12-8-5-9-13-21)28-23-14-15-26(16-22(23)25)19-17-27-18-19/h4-13,19,22-23H,14-18H2,1-3H3/t22-,23+/m1/s1. The first-order valence-corrected chi connectivity index (χ1v) is 12.6. The van der Waals surface area contributed by atoms with E-state index in [1.807, 2.05) is 12.1 Å². The molecule has 2 aromatic rings. The van der Waals surface area contributed by atoms with Crippen LogP contribution in [-0.2, 0) is 9.16 Å². The number of ether oxygens (including phenoxy) is 1. The Morgan fingerprint density at radius 2 is 1.52 bits per heavy atom. The summed E-state index contributed by atoms with van der Waals surface area (Å²) in [6, 6.07) is 21.4. The van der Waals surface area contributed by atoms with Crippen LogP contribution in [0.4, 0.5) is 4.39 Å². The average molecular weight is 414 g/mol. The minimum Gasteiger partial charge on any atom is -0.401 e. The van der Waals surface area contributed by atoms with E-state index in [1.54, 1.807) is 0 Å². The van der Waals surface area contributed by atoms with Crippen LogP contribution in [0, 0.1) is 0 Å². The molecule has 0 radical (unpaired) electrons. The maximum Gasteiger partial charge on any atom is 0.261 e. The molecule has 4 rings (SSSR count). The summed E-state index contributed by atoms with van der Waals surface area (Å²) in [5.74, 6) is 0. The molecule has 0 unspecified atom stereocenters. The number of piperidine rings is 1. The van der Waals surface area contributed by atoms with E-state index in [-0.39, 0.29) is 11.1 Å². The van der Waals surface area contributed by atoms with Crippen molar-refractivity contribution in [2.45, 2.75) is 50.5 Å². The van der Waals surface area contributed by atoms with E-state index in [9.17, 15) is 0 Å². The fourth-order valence-corrected chi connectivity index (χ4v) is 9.46. The Bertz CT molecular complexity index is 752. The van der Waals surface area contributed by atoms with Gasteiger partial charge in [-0.1, -0.05) is 81.4 Å². The van der Waals surface area contributed by atoms with Crippen molar-refractivity contribution in [3.8, 4) is 0 Å². The molecule has 2 atom stereocenters. The number of rotatable bonds is 5. The van der Waals surface area contributed by atoms with Crippen LogP contribution < -0.4 is 10.4 Å². The predicted molar refractivity (Wildman–Crippen MR) is 118 cm³/mol. The van der Waals surface area contributed by atoms with Gasteiger partial charge in [0.1, 0.15) is 6.17 Å². The predicted octanol–water partition coefficient (Wildman–Crippen LogP) is 3.37. The van der Waals surface area contributed by atoms with Gasteiger partial charge in [-0.25, -0.2) is 4.39 Å². The van der Waals surface area contributed by atoms with Gasteiger partial charge in [0.2, 0.25) is 0 Å². The fourth-order valence-electron chi connectivity index (χ4n) is 4.72. The summed E-state index contributed by atoms with van der Waals surface area (Å²) in [6.07, 6.45) is -0.633. The van der Waals surface area contributed by atoms with Crippen molar-refractivity contribution in [3.63, 3.8) is 0 Å². The molecule has 2 saturated heterocycles. The Morgan fingerprint density at radius 3 is 1.93 bits per heavy atom. The Morgan fingerprint density at radius 1 is 0.966 bits per heavy atom. The number of nitrogens with zero attached hydrogens (tertiary/aromatic N) is 1. The third-order valence-corrected chi connectivity index (χ3v) is 11.5. The van der Waals surface area contributed by atoms with Gasteiger partial charge in [-0.05, 0) is 21.8 Å². The minimum atomic E-state index is -2.71. The van der Waals surface area contributed by atoms with Crippen molar-refractivity contribution in [1.82, 2.24) is 4.90 Å². The smallest absolute Gasteiger partial charge is 0.261 e. The quantitative estimate of drug-likeness (QED) is 0.702. The topological polar surface area (TPSA) is 21.7 Å². The third kappa shape index (κ3) is 3.93. The molecule has 29 heavy (non-hydrogen) atoms. The van der Waals surface area contributed by atoms with Crippen LogP contribution in [0.15, 0.2) is 60.7 Å². The summed E-state index contributed by atoms with van der Waals surface area (Å²) in [7, 11) is -2.71. The molecule has 2 aliphatic heterocycles. The molecule has 2 aromatic carbocycles. The highest BCUT2D eigenvalue weighted by molar-refractivity contribution is 6.99. The number of likely N-dealkylation sites (tertiary alicyclic amines) is 1. The van der Waals surface area contributed by atoms with Gasteiger partial charge in [-0.15, -0.1) is 0 Å². The van der Waals surface area contributed by atoms with Crippen LogP contribution in [0.1, 0.15) is 27.2 Å². The van der Waals surface area contributed by atoms with Gasteiger partial charge in [-0.2, -0.15) is 0 Å². The molecular weight excluding hydrogens is 381 g/mol. The molecule has 0 N–H and O–H groups in total. The minimum absolute atomic E-state index is 0.131. The second-order valence-electron chi connectivity index (χ2n) is 9.31. The van der Waals surface area contributed by atoms with Crippen LogP contribution in [0.3, 0.4) is 0 Å². The van der Waals surface area contributed by atoms with Crippen molar-refractivity contribution in [2.75, 3.05) is 26.3 Å². The number of alkyl halides is 1. The van der Waals surface area contributed by atoms with Gasteiger partial charge in [0.05, 0.1) is 25.4 Å². The molecule has 3 nitrogen and oxygen atoms in total. The molecule has 5 heteroatoms. The monoisotopic (exact) mass is 413 g/mol. The maximum absolute atomic E-state index is 15.4. The molecule has 0 amide bonds. The van der Waals surface area contributed by atoms with E-state index in [0.29, 0.717) is 12.6 Å². The van der Waals surface area contributed by atoms with Crippen molar-refractivity contribution in [1.29, 1.82) is 0 Å². The highest BCUT2D eigenvalue weighted by atomic mass is 28.4.